The first kappa shape index (κ1) is 15.3. The van der Waals surface area contributed by atoms with Crippen LogP contribution in [0.25, 0.3) is 10.4 Å². The Hall–Kier alpha value is -1.23. The summed E-state index contributed by atoms with van der Waals surface area (Å²) in [6.45, 7) is 4.86. The van der Waals surface area contributed by atoms with Gasteiger partial charge in [-0.05, 0) is 56.5 Å². The number of thiocarbonyl (C=S) groups is 1. The Kier molecular flexibility index (Phi) is 4.22. The van der Waals surface area contributed by atoms with Crippen LogP contribution in [0.4, 0.5) is 0 Å². The molecule has 2 aromatic rings. The smallest absolute Gasteiger partial charge is 0.117 e. The van der Waals surface area contributed by atoms with E-state index < -0.39 is 0 Å². The molecule has 3 aliphatic heterocycles. The molecular formula is C19H22N2S2. The number of rotatable bonds is 3. The first-order chi connectivity index (χ1) is 11.2. The van der Waals surface area contributed by atoms with Crippen molar-refractivity contribution >= 4 is 28.5 Å². The maximum absolute atomic E-state index is 5.71. The number of fused-ring (bicyclic) bond motifs is 3. The summed E-state index contributed by atoms with van der Waals surface area (Å²) in [7, 11) is 0. The maximum atomic E-state index is 5.71. The number of thiophene rings is 1. The molecule has 3 fully saturated rings. The van der Waals surface area contributed by atoms with E-state index in [0.717, 1.165) is 10.9 Å². The molecule has 2 unspecified atom stereocenters. The van der Waals surface area contributed by atoms with Crippen LogP contribution >= 0.6 is 23.6 Å². The normalized spacial score (nSPS) is 29.4. The van der Waals surface area contributed by atoms with Crippen LogP contribution in [0.5, 0.6) is 0 Å². The quantitative estimate of drug-likeness (QED) is 0.843. The molecular weight excluding hydrogens is 320 g/mol. The van der Waals surface area contributed by atoms with Crippen molar-refractivity contribution in [2.75, 3.05) is 13.1 Å². The molecule has 4 heterocycles. The average Bonchev–Trinajstić information content (AvgIpc) is 3.09. The number of hydrogen-bond acceptors (Lipinski definition) is 3. The minimum absolute atomic E-state index is 0.507. The van der Waals surface area contributed by atoms with Gasteiger partial charge in [0.2, 0.25) is 0 Å². The van der Waals surface area contributed by atoms with E-state index in [-0.39, 0.29) is 0 Å². The lowest BCUT2D eigenvalue weighted by Crippen LogP contribution is -2.62. The van der Waals surface area contributed by atoms with Crippen LogP contribution in [0.3, 0.4) is 0 Å². The summed E-state index contributed by atoms with van der Waals surface area (Å²) in [5.41, 5.74) is 1.27. The van der Waals surface area contributed by atoms with E-state index >= 15 is 0 Å². The average molecular weight is 343 g/mol. The van der Waals surface area contributed by atoms with Crippen LogP contribution < -0.4 is 5.32 Å². The van der Waals surface area contributed by atoms with Crippen LogP contribution in [-0.4, -0.2) is 35.1 Å². The molecule has 2 atom stereocenters. The van der Waals surface area contributed by atoms with Crippen LogP contribution in [0.2, 0.25) is 0 Å². The van der Waals surface area contributed by atoms with E-state index in [1.54, 1.807) is 11.3 Å². The van der Waals surface area contributed by atoms with E-state index in [0.29, 0.717) is 12.1 Å². The zero-order valence-corrected chi connectivity index (χ0v) is 15.0. The van der Waals surface area contributed by atoms with Gasteiger partial charge in [-0.1, -0.05) is 42.5 Å². The summed E-state index contributed by atoms with van der Waals surface area (Å²) in [4.78, 5) is 5.99. The van der Waals surface area contributed by atoms with Crippen molar-refractivity contribution in [3.8, 4) is 10.4 Å². The van der Waals surface area contributed by atoms with Gasteiger partial charge in [-0.15, -0.1) is 11.3 Å². The first-order valence-corrected chi connectivity index (χ1v) is 9.65. The van der Waals surface area contributed by atoms with Crippen molar-refractivity contribution in [1.29, 1.82) is 0 Å². The topological polar surface area (TPSA) is 15.3 Å². The van der Waals surface area contributed by atoms with Gasteiger partial charge in [-0.2, -0.15) is 0 Å². The molecule has 5 rings (SSSR count). The summed E-state index contributed by atoms with van der Waals surface area (Å²) >= 11 is 7.50. The second-order valence-electron chi connectivity index (χ2n) is 6.64. The monoisotopic (exact) mass is 342 g/mol. The second-order valence-corrected chi connectivity index (χ2v) is 8.14. The van der Waals surface area contributed by atoms with Crippen LogP contribution in [0.15, 0.2) is 42.5 Å². The Balaban J connectivity index is 1.49. The van der Waals surface area contributed by atoms with Gasteiger partial charge >= 0.3 is 0 Å². The number of benzene rings is 1. The molecule has 120 valence electrons. The molecule has 0 radical (unpaired) electrons. The zero-order valence-electron chi connectivity index (χ0n) is 13.4. The third kappa shape index (κ3) is 2.95. The molecule has 2 nitrogen and oxygen atoms in total. The molecule has 23 heavy (non-hydrogen) atoms. The SMILES string of the molecule is CC1C(NC(=S)c2ccc(-c3ccccc3)s2)C2CCN1CC2. The Morgan fingerprint density at radius 1 is 1.13 bits per heavy atom. The van der Waals surface area contributed by atoms with Gasteiger partial charge in [-0.3, -0.25) is 4.90 Å². The Labute approximate surface area is 147 Å². The molecule has 3 aliphatic rings. The van der Waals surface area contributed by atoms with Crippen LogP contribution in [0.1, 0.15) is 24.6 Å². The molecule has 4 heteroatoms. The lowest BCUT2D eigenvalue weighted by Gasteiger charge is -2.50. The molecule has 3 saturated heterocycles. The highest BCUT2D eigenvalue weighted by molar-refractivity contribution is 7.81. The Morgan fingerprint density at radius 2 is 1.87 bits per heavy atom. The molecule has 1 aromatic heterocycles. The van der Waals surface area contributed by atoms with Gasteiger partial charge in [-0.25, -0.2) is 0 Å². The number of nitrogens with one attached hydrogen (secondary N) is 1. The third-order valence-corrected chi connectivity index (χ3v) is 6.98. The van der Waals surface area contributed by atoms with Crippen molar-refractivity contribution in [3.63, 3.8) is 0 Å². The van der Waals surface area contributed by atoms with Crippen LogP contribution in [-0.2, 0) is 0 Å². The predicted octanol–water partition coefficient (Wildman–Crippen LogP) is 4.16. The lowest BCUT2D eigenvalue weighted by molar-refractivity contribution is 0.0303. The van der Waals surface area contributed by atoms with Gasteiger partial charge in [0.1, 0.15) is 4.99 Å². The molecule has 1 N–H and O–H groups in total. The van der Waals surface area contributed by atoms with Crippen molar-refractivity contribution in [3.05, 3.63) is 47.3 Å². The largest absolute Gasteiger partial charge is 0.371 e. The van der Waals surface area contributed by atoms with Crippen molar-refractivity contribution < 1.29 is 0 Å². The minimum atomic E-state index is 0.507. The Bertz CT molecular complexity index is 684. The summed E-state index contributed by atoms with van der Waals surface area (Å²) in [6, 6.07) is 16.0. The number of hydrogen-bond donors (Lipinski definition) is 1. The Morgan fingerprint density at radius 3 is 2.57 bits per heavy atom. The molecule has 0 saturated carbocycles. The first-order valence-electron chi connectivity index (χ1n) is 8.42. The molecule has 0 aliphatic carbocycles. The number of nitrogens with zero attached hydrogens (tertiary/aromatic N) is 1. The van der Waals surface area contributed by atoms with E-state index in [1.807, 2.05) is 0 Å². The highest BCUT2D eigenvalue weighted by atomic mass is 32.1. The van der Waals surface area contributed by atoms with Gasteiger partial charge in [0.25, 0.3) is 0 Å². The third-order valence-electron chi connectivity index (χ3n) is 5.36. The lowest BCUT2D eigenvalue weighted by atomic mass is 9.79. The molecule has 2 bridgehead atoms. The zero-order chi connectivity index (χ0) is 15.8. The van der Waals surface area contributed by atoms with Gasteiger partial charge in [0.15, 0.2) is 0 Å². The fraction of sp³-hybridized carbons (Fsp3) is 0.421. The summed E-state index contributed by atoms with van der Waals surface area (Å²) in [5, 5.41) is 3.68. The summed E-state index contributed by atoms with van der Waals surface area (Å²) in [5.74, 6) is 0.779. The fourth-order valence-corrected chi connectivity index (χ4v) is 5.23. The summed E-state index contributed by atoms with van der Waals surface area (Å²) < 4.78 is 0. The number of piperidine rings is 3. The van der Waals surface area contributed by atoms with E-state index in [1.165, 1.54) is 41.2 Å². The molecule has 0 amide bonds. The van der Waals surface area contributed by atoms with Gasteiger partial charge in [0.05, 0.1) is 4.88 Å². The summed E-state index contributed by atoms with van der Waals surface area (Å²) in [6.07, 6.45) is 2.62. The van der Waals surface area contributed by atoms with E-state index in [2.05, 4.69) is 59.6 Å². The second kappa shape index (κ2) is 6.34. The van der Waals surface area contributed by atoms with E-state index in [4.69, 9.17) is 12.2 Å². The molecule has 1 aromatic carbocycles. The fourth-order valence-electron chi connectivity index (χ4n) is 3.99. The van der Waals surface area contributed by atoms with Crippen molar-refractivity contribution in [2.24, 2.45) is 5.92 Å². The van der Waals surface area contributed by atoms with Crippen LogP contribution in [0, 0.1) is 5.92 Å². The highest BCUT2D eigenvalue weighted by Crippen LogP contribution is 2.33. The van der Waals surface area contributed by atoms with E-state index in [9.17, 15) is 0 Å². The van der Waals surface area contributed by atoms with Gasteiger partial charge < -0.3 is 5.32 Å². The predicted molar refractivity (Wildman–Crippen MR) is 102 cm³/mol. The van der Waals surface area contributed by atoms with Gasteiger partial charge in [0, 0.05) is 17.0 Å². The van der Waals surface area contributed by atoms with Crippen molar-refractivity contribution in [1.82, 2.24) is 10.2 Å². The molecule has 0 spiro atoms. The standard InChI is InChI=1S/C19H22N2S2/c1-13-18(15-9-11-21(13)12-10-15)20-19(22)17-8-7-16(23-17)14-5-3-2-4-6-14/h2-8,13,15,18H,9-12H2,1H3,(H,20,22). The minimum Gasteiger partial charge on any atom is -0.371 e. The van der Waals surface area contributed by atoms with Crippen molar-refractivity contribution in [2.45, 2.75) is 31.8 Å². The maximum Gasteiger partial charge on any atom is 0.117 e. The highest BCUT2D eigenvalue weighted by Gasteiger charge is 2.40.